The van der Waals surface area contributed by atoms with Gasteiger partial charge in [-0.1, -0.05) is 12.1 Å². The van der Waals surface area contributed by atoms with E-state index in [-0.39, 0.29) is 18.3 Å². The maximum atomic E-state index is 13.5. The van der Waals surface area contributed by atoms with Gasteiger partial charge in [-0.2, -0.15) is 0 Å². The van der Waals surface area contributed by atoms with Crippen molar-refractivity contribution in [2.24, 2.45) is 0 Å². The standard InChI is InChI=1S/C18H21FN2O2S/c1-21(11-12-24-17-6-4-3-5-16(17)19)13-18(22)20-14-7-9-15(23-2)10-8-14/h3-10H,11-13H2,1-2H3,(H,20,22). The highest BCUT2D eigenvalue weighted by Crippen LogP contribution is 2.20. The predicted octanol–water partition coefficient (Wildman–Crippen LogP) is 3.50. The lowest BCUT2D eigenvalue weighted by Gasteiger charge is -2.16. The quantitative estimate of drug-likeness (QED) is 0.742. The average Bonchev–Trinajstić information content (AvgIpc) is 2.57. The second-order valence-electron chi connectivity index (χ2n) is 5.29. The van der Waals surface area contributed by atoms with Crippen molar-refractivity contribution in [2.45, 2.75) is 4.90 Å². The van der Waals surface area contributed by atoms with Crippen molar-refractivity contribution in [3.8, 4) is 5.75 Å². The van der Waals surface area contributed by atoms with Crippen molar-refractivity contribution >= 4 is 23.4 Å². The zero-order valence-electron chi connectivity index (χ0n) is 13.8. The lowest BCUT2D eigenvalue weighted by molar-refractivity contribution is -0.117. The number of nitrogens with one attached hydrogen (secondary N) is 1. The summed E-state index contributed by atoms with van der Waals surface area (Å²) in [6.07, 6.45) is 0. The maximum absolute atomic E-state index is 13.5. The number of amides is 1. The van der Waals surface area contributed by atoms with E-state index in [9.17, 15) is 9.18 Å². The second kappa shape index (κ2) is 9.30. The summed E-state index contributed by atoms with van der Waals surface area (Å²) in [7, 11) is 3.47. The van der Waals surface area contributed by atoms with Crippen molar-refractivity contribution in [1.82, 2.24) is 4.90 Å². The number of thioether (sulfide) groups is 1. The Hall–Kier alpha value is -2.05. The van der Waals surface area contributed by atoms with Crippen LogP contribution in [0.15, 0.2) is 53.4 Å². The van der Waals surface area contributed by atoms with E-state index in [2.05, 4.69) is 5.32 Å². The molecule has 2 aromatic carbocycles. The van der Waals surface area contributed by atoms with Gasteiger partial charge in [0.1, 0.15) is 11.6 Å². The first kappa shape index (κ1) is 18.3. The minimum Gasteiger partial charge on any atom is -0.497 e. The van der Waals surface area contributed by atoms with Crippen molar-refractivity contribution in [3.05, 3.63) is 54.3 Å². The van der Waals surface area contributed by atoms with Crippen molar-refractivity contribution < 1.29 is 13.9 Å². The van der Waals surface area contributed by atoms with E-state index in [4.69, 9.17) is 4.74 Å². The van der Waals surface area contributed by atoms with Crippen LogP contribution < -0.4 is 10.1 Å². The minimum absolute atomic E-state index is 0.0847. The number of rotatable bonds is 8. The van der Waals surface area contributed by atoms with Crippen molar-refractivity contribution in [3.63, 3.8) is 0 Å². The third-order valence-corrected chi connectivity index (χ3v) is 4.38. The Labute approximate surface area is 146 Å². The summed E-state index contributed by atoms with van der Waals surface area (Å²) in [5.74, 6) is 1.17. The van der Waals surface area contributed by atoms with Crippen LogP contribution in [0.3, 0.4) is 0 Å². The largest absolute Gasteiger partial charge is 0.497 e. The summed E-state index contributed by atoms with van der Waals surface area (Å²) in [6.45, 7) is 0.971. The molecule has 2 aromatic rings. The van der Waals surface area contributed by atoms with Crippen LogP contribution in [-0.2, 0) is 4.79 Å². The molecule has 0 aromatic heterocycles. The molecule has 2 rings (SSSR count). The van der Waals surface area contributed by atoms with Crippen LogP contribution in [0.1, 0.15) is 0 Å². The molecule has 1 amide bonds. The molecule has 24 heavy (non-hydrogen) atoms. The number of ether oxygens (including phenoxy) is 1. The Morgan fingerprint density at radius 2 is 1.92 bits per heavy atom. The van der Waals surface area contributed by atoms with E-state index in [1.54, 1.807) is 43.5 Å². The number of carbonyl (C=O) groups is 1. The summed E-state index contributed by atoms with van der Waals surface area (Å²) >= 11 is 1.45. The highest BCUT2D eigenvalue weighted by Gasteiger charge is 2.08. The zero-order chi connectivity index (χ0) is 17.4. The molecule has 0 bridgehead atoms. The fourth-order valence-corrected chi connectivity index (χ4v) is 3.08. The summed E-state index contributed by atoms with van der Waals surface area (Å²) in [6, 6.07) is 13.9. The van der Waals surface area contributed by atoms with E-state index in [1.165, 1.54) is 17.8 Å². The van der Waals surface area contributed by atoms with E-state index in [0.29, 0.717) is 17.2 Å². The summed E-state index contributed by atoms with van der Waals surface area (Å²) in [5.41, 5.74) is 0.731. The molecule has 0 spiro atoms. The molecule has 0 aliphatic heterocycles. The number of hydrogen-bond acceptors (Lipinski definition) is 4. The lowest BCUT2D eigenvalue weighted by atomic mass is 10.3. The van der Waals surface area contributed by atoms with Gasteiger partial charge in [-0.25, -0.2) is 4.39 Å². The molecule has 0 fully saturated rings. The van der Waals surface area contributed by atoms with Gasteiger partial charge in [0.2, 0.25) is 5.91 Å². The van der Waals surface area contributed by atoms with Crippen LogP contribution >= 0.6 is 11.8 Å². The monoisotopic (exact) mass is 348 g/mol. The van der Waals surface area contributed by atoms with Gasteiger partial charge in [-0.15, -0.1) is 11.8 Å². The third-order valence-electron chi connectivity index (χ3n) is 3.35. The molecule has 0 radical (unpaired) electrons. The molecule has 0 aliphatic rings. The van der Waals surface area contributed by atoms with Crippen LogP contribution in [0.4, 0.5) is 10.1 Å². The molecule has 6 heteroatoms. The van der Waals surface area contributed by atoms with Gasteiger partial charge >= 0.3 is 0 Å². The Morgan fingerprint density at radius 1 is 1.21 bits per heavy atom. The Kier molecular flexibility index (Phi) is 7.08. The fraction of sp³-hybridized carbons (Fsp3) is 0.278. The highest BCUT2D eigenvalue weighted by molar-refractivity contribution is 7.99. The number of benzene rings is 2. The predicted molar refractivity (Wildman–Crippen MR) is 96.2 cm³/mol. The number of halogens is 1. The first-order valence-electron chi connectivity index (χ1n) is 7.58. The average molecular weight is 348 g/mol. The van der Waals surface area contributed by atoms with E-state index < -0.39 is 0 Å². The van der Waals surface area contributed by atoms with Gasteiger partial charge in [-0.05, 0) is 43.4 Å². The third kappa shape index (κ3) is 5.86. The molecular weight excluding hydrogens is 327 g/mol. The number of anilines is 1. The van der Waals surface area contributed by atoms with Crippen LogP contribution in [0, 0.1) is 5.82 Å². The highest BCUT2D eigenvalue weighted by atomic mass is 32.2. The van der Waals surface area contributed by atoms with Crippen LogP contribution in [-0.4, -0.2) is 43.8 Å². The van der Waals surface area contributed by atoms with Gasteiger partial charge in [0.25, 0.3) is 0 Å². The molecule has 0 heterocycles. The minimum atomic E-state index is -0.206. The lowest BCUT2D eigenvalue weighted by Crippen LogP contribution is -2.31. The van der Waals surface area contributed by atoms with Crippen LogP contribution in [0.5, 0.6) is 5.75 Å². The van der Waals surface area contributed by atoms with Crippen molar-refractivity contribution in [1.29, 1.82) is 0 Å². The topological polar surface area (TPSA) is 41.6 Å². The van der Waals surface area contributed by atoms with Crippen LogP contribution in [0.25, 0.3) is 0 Å². The molecule has 0 saturated carbocycles. The molecule has 0 saturated heterocycles. The van der Waals surface area contributed by atoms with Crippen molar-refractivity contribution in [2.75, 3.05) is 38.3 Å². The number of likely N-dealkylation sites (N-methyl/N-ethyl adjacent to an activating group) is 1. The summed E-state index contributed by atoms with van der Waals surface area (Å²) in [4.78, 5) is 14.6. The van der Waals surface area contributed by atoms with E-state index in [1.807, 2.05) is 18.0 Å². The smallest absolute Gasteiger partial charge is 0.238 e. The SMILES string of the molecule is COc1ccc(NC(=O)CN(C)CCSc2ccccc2F)cc1. The fourth-order valence-electron chi connectivity index (χ4n) is 2.07. The number of methoxy groups -OCH3 is 1. The van der Waals surface area contributed by atoms with Gasteiger partial charge in [0, 0.05) is 22.9 Å². The Morgan fingerprint density at radius 3 is 2.58 bits per heavy atom. The van der Waals surface area contributed by atoms with Gasteiger partial charge < -0.3 is 10.1 Å². The van der Waals surface area contributed by atoms with Gasteiger partial charge in [0.15, 0.2) is 0 Å². The summed E-state index contributed by atoms with van der Waals surface area (Å²) < 4.78 is 18.6. The number of carbonyl (C=O) groups excluding carboxylic acids is 1. The molecule has 0 unspecified atom stereocenters. The Bertz CT molecular complexity index is 664. The second-order valence-corrected chi connectivity index (χ2v) is 6.43. The normalized spacial score (nSPS) is 10.7. The Balaban J connectivity index is 1.72. The molecule has 1 N–H and O–H groups in total. The number of hydrogen-bond donors (Lipinski definition) is 1. The van der Waals surface area contributed by atoms with Gasteiger partial charge in [0.05, 0.1) is 13.7 Å². The zero-order valence-corrected chi connectivity index (χ0v) is 14.6. The van der Waals surface area contributed by atoms with E-state index in [0.717, 1.165) is 11.4 Å². The molecular formula is C18H21FN2O2S. The maximum Gasteiger partial charge on any atom is 0.238 e. The van der Waals surface area contributed by atoms with Gasteiger partial charge in [-0.3, -0.25) is 9.69 Å². The molecule has 128 valence electrons. The first-order valence-corrected chi connectivity index (χ1v) is 8.57. The first-order chi connectivity index (χ1) is 11.6. The molecule has 0 atom stereocenters. The molecule has 4 nitrogen and oxygen atoms in total. The van der Waals surface area contributed by atoms with Crippen LogP contribution in [0.2, 0.25) is 0 Å². The summed E-state index contributed by atoms with van der Waals surface area (Å²) in [5, 5.41) is 2.84. The number of nitrogens with zero attached hydrogens (tertiary/aromatic N) is 1. The molecule has 0 aliphatic carbocycles. The van der Waals surface area contributed by atoms with E-state index >= 15 is 0 Å².